The minimum atomic E-state index is 0.190. The monoisotopic (exact) mass is 225 g/mol. The van der Waals surface area contributed by atoms with E-state index < -0.39 is 0 Å². The van der Waals surface area contributed by atoms with Gasteiger partial charge in [0.1, 0.15) is 0 Å². The van der Waals surface area contributed by atoms with E-state index in [2.05, 4.69) is 36.0 Å². The summed E-state index contributed by atoms with van der Waals surface area (Å²) in [5.41, 5.74) is 1.62. The van der Waals surface area contributed by atoms with E-state index in [-0.39, 0.29) is 5.54 Å². The van der Waals surface area contributed by atoms with E-state index in [9.17, 15) is 0 Å². The van der Waals surface area contributed by atoms with E-state index in [1.165, 1.54) is 5.56 Å². The average Bonchev–Trinajstić information content (AvgIpc) is 2.76. The Hall–Kier alpha value is -0.380. The molecular weight excluding hydrogens is 206 g/mol. The molecule has 0 bridgehead atoms. The molecule has 84 valence electrons. The summed E-state index contributed by atoms with van der Waals surface area (Å²) in [6, 6.07) is 2.72. The Bertz CT molecular complexity index is 291. The van der Waals surface area contributed by atoms with Gasteiger partial charge < -0.3 is 10.1 Å². The molecule has 0 spiro atoms. The Labute approximate surface area is 95.6 Å². The summed E-state index contributed by atoms with van der Waals surface area (Å²) in [7, 11) is 0. The molecule has 1 aromatic rings. The van der Waals surface area contributed by atoms with Crippen LogP contribution in [0.3, 0.4) is 0 Å². The fraction of sp³-hybridized carbons (Fsp3) is 0.667. The highest BCUT2D eigenvalue weighted by atomic mass is 32.1. The quantitative estimate of drug-likeness (QED) is 0.850. The topological polar surface area (TPSA) is 21.3 Å². The minimum absolute atomic E-state index is 0.190. The van der Waals surface area contributed by atoms with Gasteiger partial charge in [-0.05, 0) is 49.1 Å². The van der Waals surface area contributed by atoms with Crippen molar-refractivity contribution in [2.75, 3.05) is 13.2 Å². The number of hydrogen-bond acceptors (Lipinski definition) is 3. The first-order chi connectivity index (χ1) is 7.18. The molecular formula is C12H19NOS. The number of rotatable bonds is 4. The maximum atomic E-state index is 5.44. The van der Waals surface area contributed by atoms with Crippen LogP contribution in [-0.2, 0) is 11.2 Å². The number of ether oxygens (including phenoxy) is 1. The van der Waals surface area contributed by atoms with Gasteiger partial charge in [-0.3, -0.25) is 0 Å². The predicted molar refractivity (Wildman–Crippen MR) is 64.5 cm³/mol. The van der Waals surface area contributed by atoms with Gasteiger partial charge in [0, 0.05) is 18.2 Å². The molecule has 2 nitrogen and oxygen atoms in total. The smallest absolute Gasteiger partial charge is 0.0646 e. The average molecular weight is 225 g/mol. The Kier molecular flexibility index (Phi) is 3.44. The predicted octanol–water partition coefficient (Wildman–Crippen LogP) is 2.45. The number of nitrogens with one attached hydrogen (secondary N) is 1. The summed E-state index contributed by atoms with van der Waals surface area (Å²) in [6.45, 7) is 6.25. The van der Waals surface area contributed by atoms with Gasteiger partial charge >= 0.3 is 0 Å². The highest BCUT2D eigenvalue weighted by Gasteiger charge is 2.30. The van der Waals surface area contributed by atoms with Gasteiger partial charge in [0.25, 0.3) is 0 Å². The lowest BCUT2D eigenvalue weighted by Gasteiger charge is -2.28. The van der Waals surface area contributed by atoms with Crippen molar-refractivity contribution in [2.45, 2.75) is 38.3 Å². The van der Waals surface area contributed by atoms with E-state index in [1.807, 2.05) is 0 Å². The largest absolute Gasteiger partial charge is 0.379 e. The third-order valence-corrected chi connectivity index (χ3v) is 3.67. The lowest BCUT2D eigenvalue weighted by atomic mass is 9.99. The van der Waals surface area contributed by atoms with Crippen molar-refractivity contribution in [2.24, 2.45) is 0 Å². The highest BCUT2D eigenvalue weighted by Crippen LogP contribution is 2.19. The lowest BCUT2D eigenvalue weighted by Crippen LogP contribution is -2.48. The maximum absolute atomic E-state index is 5.44. The van der Waals surface area contributed by atoms with Crippen LogP contribution in [0.15, 0.2) is 16.8 Å². The standard InChI is InChI=1S/C12H19NOS/c1-10(7-11-3-6-15-8-11)13-12(2)4-5-14-9-12/h3,6,8,10,13H,4-5,7,9H2,1-2H3. The normalized spacial score (nSPS) is 28.1. The zero-order valence-electron chi connectivity index (χ0n) is 9.45. The molecule has 15 heavy (non-hydrogen) atoms. The Balaban J connectivity index is 1.84. The van der Waals surface area contributed by atoms with Crippen molar-refractivity contribution in [1.29, 1.82) is 0 Å². The molecule has 1 aliphatic heterocycles. The third kappa shape index (κ3) is 3.03. The summed E-state index contributed by atoms with van der Waals surface area (Å²) in [5.74, 6) is 0. The molecule has 1 N–H and O–H groups in total. The van der Waals surface area contributed by atoms with E-state index in [1.54, 1.807) is 11.3 Å². The molecule has 2 rings (SSSR count). The molecule has 3 heteroatoms. The van der Waals surface area contributed by atoms with Crippen LogP contribution in [-0.4, -0.2) is 24.8 Å². The molecule has 0 radical (unpaired) electrons. The Morgan fingerprint density at radius 3 is 3.13 bits per heavy atom. The number of thiophene rings is 1. The third-order valence-electron chi connectivity index (χ3n) is 2.94. The van der Waals surface area contributed by atoms with Gasteiger partial charge in [-0.25, -0.2) is 0 Å². The summed E-state index contributed by atoms with van der Waals surface area (Å²) < 4.78 is 5.44. The Morgan fingerprint density at radius 1 is 1.67 bits per heavy atom. The molecule has 2 heterocycles. The molecule has 0 saturated carbocycles. The molecule has 1 saturated heterocycles. The molecule has 2 atom stereocenters. The molecule has 2 unspecified atom stereocenters. The van der Waals surface area contributed by atoms with E-state index in [4.69, 9.17) is 4.74 Å². The van der Waals surface area contributed by atoms with Crippen molar-refractivity contribution in [1.82, 2.24) is 5.32 Å². The fourth-order valence-electron chi connectivity index (χ4n) is 2.19. The molecule has 0 amide bonds. The first-order valence-corrected chi connectivity index (χ1v) is 6.49. The second kappa shape index (κ2) is 4.64. The van der Waals surface area contributed by atoms with Crippen LogP contribution in [0.1, 0.15) is 25.8 Å². The second-order valence-corrected chi connectivity index (χ2v) is 5.52. The first-order valence-electron chi connectivity index (χ1n) is 5.54. The molecule has 1 fully saturated rings. The van der Waals surface area contributed by atoms with Gasteiger partial charge in [-0.1, -0.05) is 0 Å². The van der Waals surface area contributed by atoms with Crippen molar-refractivity contribution < 1.29 is 4.74 Å². The summed E-state index contributed by atoms with van der Waals surface area (Å²) in [5, 5.41) is 8.04. The fourth-order valence-corrected chi connectivity index (χ4v) is 2.87. The maximum Gasteiger partial charge on any atom is 0.0646 e. The molecule has 1 aromatic heterocycles. The molecule has 0 aliphatic carbocycles. The molecule has 1 aliphatic rings. The zero-order chi connectivity index (χ0) is 10.7. The van der Waals surface area contributed by atoms with Crippen molar-refractivity contribution >= 4 is 11.3 Å². The number of hydrogen-bond donors (Lipinski definition) is 1. The van der Waals surface area contributed by atoms with Crippen LogP contribution in [0.25, 0.3) is 0 Å². The van der Waals surface area contributed by atoms with Gasteiger partial charge in [0.2, 0.25) is 0 Å². The summed E-state index contributed by atoms with van der Waals surface area (Å²) in [4.78, 5) is 0. The van der Waals surface area contributed by atoms with Crippen LogP contribution >= 0.6 is 11.3 Å². The lowest BCUT2D eigenvalue weighted by molar-refractivity contribution is 0.167. The first kappa shape index (κ1) is 11.1. The SMILES string of the molecule is CC(Cc1ccsc1)NC1(C)CCOC1. The molecule has 0 aromatic carbocycles. The van der Waals surface area contributed by atoms with Crippen LogP contribution in [0.5, 0.6) is 0 Å². The van der Waals surface area contributed by atoms with Gasteiger partial charge in [0.05, 0.1) is 6.61 Å². The Morgan fingerprint density at radius 2 is 2.53 bits per heavy atom. The van der Waals surface area contributed by atoms with Crippen molar-refractivity contribution in [3.63, 3.8) is 0 Å². The van der Waals surface area contributed by atoms with Crippen LogP contribution in [0.4, 0.5) is 0 Å². The van der Waals surface area contributed by atoms with E-state index in [0.29, 0.717) is 6.04 Å². The van der Waals surface area contributed by atoms with Gasteiger partial charge in [-0.15, -0.1) is 0 Å². The van der Waals surface area contributed by atoms with Crippen LogP contribution in [0.2, 0.25) is 0 Å². The van der Waals surface area contributed by atoms with Gasteiger partial charge in [0.15, 0.2) is 0 Å². The minimum Gasteiger partial charge on any atom is -0.379 e. The second-order valence-electron chi connectivity index (χ2n) is 4.74. The van der Waals surface area contributed by atoms with Gasteiger partial charge in [-0.2, -0.15) is 11.3 Å². The van der Waals surface area contributed by atoms with Crippen molar-refractivity contribution in [3.05, 3.63) is 22.4 Å². The summed E-state index contributed by atoms with van der Waals surface area (Å²) in [6.07, 6.45) is 2.24. The van der Waals surface area contributed by atoms with E-state index >= 15 is 0 Å². The summed E-state index contributed by atoms with van der Waals surface area (Å²) >= 11 is 1.77. The van der Waals surface area contributed by atoms with Crippen LogP contribution in [0, 0.1) is 0 Å². The van der Waals surface area contributed by atoms with E-state index in [0.717, 1.165) is 26.1 Å². The van der Waals surface area contributed by atoms with Crippen LogP contribution < -0.4 is 5.32 Å². The van der Waals surface area contributed by atoms with Crippen molar-refractivity contribution in [3.8, 4) is 0 Å². The highest BCUT2D eigenvalue weighted by molar-refractivity contribution is 7.07. The zero-order valence-corrected chi connectivity index (χ0v) is 10.3.